The molecule has 344 valence electrons. The molecule has 64 heavy (non-hydrogen) atoms. The van der Waals surface area contributed by atoms with Crippen LogP contribution in [0.2, 0.25) is 0 Å². The van der Waals surface area contributed by atoms with Gasteiger partial charge in [0, 0.05) is 40.4 Å². The Morgan fingerprint density at radius 1 is 1.05 bits per heavy atom. The van der Waals surface area contributed by atoms with E-state index in [-0.39, 0.29) is 30.7 Å². The number of hydrogen-bond donors (Lipinski definition) is 3. The Kier molecular flexibility index (Phi) is 13.7. The number of benzene rings is 2. The van der Waals surface area contributed by atoms with Crippen LogP contribution in [0.1, 0.15) is 101 Å². The Morgan fingerprint density at radius 3 is 2.42 bits per heavy atom. The second kappa shape index (κ2) is 18.7. The van der Waals surface area contributed by atoms with E-state index in [2.05, 4.69) is 23.9 Å². The number of sulfonamides is 1. The van der Waals surface area contributed by atoms with Gasteiger partial charge < -0.3 is 25.4 Å². The SMILES string of the molecule is COc1ccc2c(OC3C[C@@H](C(N)=O)N(C(=O)[C@H](CCCCC/C=C\[C@@H]4C[C@@H]4C(=O)NS(=O)(=O)C4(C)CC4)Nc4ccc(C(F)(F)F)cc4)C3)cc(-c3nc(C(C)C)cs3)nc2c1C. The third-order valence-electron chi connectivity index (χ3n) is 12.5. The average Bonchev–Trinajstić information content (AvgIpc) is 4.08. The van der Waals surface area contributed by atoms with Crippen molar-refractivity contribution in [2.24, 2.45) is 17.6 Å². The zero-order chi connectivity index (χ0) is 46.1. The lowest BCUT2D eigenvalue weighted by atomic mass is 10.0. The first-order valence-electron chi connectivity index (χ1n) is 21.7. The third kappa shape index (κ3) is 10.5. The zero-order valence-electron chi connectivity index (χ0n) is 36.5. The summed E-state index contributed by atoms with van der Waals surface area (Å²) < 4.78 is 78.8. The molecule has 18 heteroatoms. The standard InChI is InChI=1S/C46H55F3N6O7S2/c1-26(2)36-25-63-43(53-36)35-23-39(32-17-18-38(61-5)27(3)40(32)52-35)62-31-22-37(41(50)56)55(24-31)44(58)34(51-30-15-13-29(14-16-30)46(47,48)49)12-10-8-6-7-9-11-28-21-33(28)42(57)54-64(59,60)45(4)19-20-45/h9,11,13-18,23,25-26,28,31,33-34,37,51H,6-8,10,12,19-22,24H2,1-5H3,(H2,50,56)(H,54,57)/b11-9-/t28-,31?,33+,34+,37+/m1/s1. The minimum absolute atomic E-state index is 0.0218. The van der Waals surface area contributed by atoms with E-state index in [1.54, 1.807) is 14.0 Å². The number of aromatic nitrogens is 2. The number of primary amides is 1. The van der Waals surface area contributed by atoms with Crippen LogP contribution in [0.5, 0.6) is 11.5 Å². The molecule has 3 fully saturated rings. The van der Waals surface area contributed by atoms with Crippen molar-refractivity contribution >= 4 is 55.7 Å². The van der Waals surface area contributed by atoms with Crippen LogP contribution in [0.25, 0.3) is 21.6 Å². The number of unbranched alkanes of at least 4 members (excludes halogenated alkanes) is 3. The minimum Gasteiger partial charge on any atom is -0.496 e. The maximum absolute atomic E-state index is 14.5. The van der Waals surface area contributed by atoms with Gasteiger partial charge in [-0.3, -0.25) is 19.1 Å². The number of nitrogens with zero attached hydrogens (tertiary/aromatic N) is 3. The number of nitrogens with one attached hydrogen (secondary N) is 2. The molecule has 0 radical (unpaired) electrons. The Morgan fingerprint density at radius 2 is 1.78 bits per heavy atom. The summed E-state index contributed by atoms with van der Waals surface area (Å²) in [5.74, 6) is -0.651. The van der Waals surface area contributed by atoms with E-state index in [1.807, 2.05) is 42.7 Å². The lowest BCUT2D eigenvalue weighted by molar-refractivity contribution is -0.138. The summed E-state index contributed by atoms with van der Waals surface area (Å²) in [5, 5.41) is 6.54. The number of alkyl halides is 3. The molecule has 2 aromatic heterocycles. The lowest BCUT2D eigenvalue weighted by Gasteiger charge is -2.28. The first-order valence-corrected chi connectivity index (χ1v) is 24.0. The number of ether oxygens (including phenoxy) is 2. The number of anilines is 1. The summed E-state index contributed by atoms with van der Waals surface area (Å²) in [5.41, 5.74) is 8.39. The normalized spacial score (nSPS) is 21.0. The summed E-state index contributed by atoms with van der Waals surface area (Å²) in [4.78, 5) is 51.2. The number of thiazole rings is 1. The van der Waals surface area contributed by atoms with Crippen molar-refractivity contribution in [3.05, 3.63) is 76.8 Å². The Balaban J connectivity index is 1.03. The molecule has 3 aliphatic rings. The minimum atomic E-state index is -4.54. The Hall–Kier alpha value is -5.23. The molecule has 7 rings (SSSR count). The van der Waals surface area contributed by atoms with Crippen LogP contribution < -0.4 is 25.2 Å². The van der Waals surface area contributed by atoms with Crippen molar-refractivity contribution in [2.75, 3.05) is 19.0 Å². The summed E-state index contributed by atoms with van der Waals surface area (Å²) in [6, 6.07) is 8.02. The number of allylic oxidation sites excluding steroid dienone is 2. The first-order chi connectivity index (χ1) is 30.3. The fraction of sp³-hybridized carbons (Fsp3) is 0.500. The molecule has 13 nitrogen and oxygen atoms in total. The number of rotatable bonds is 19. The van der Waals surface area contributed by atoms with Gasteiger partial charge in [0.25, 0.3) is 0 Å². The van der Waals surface area contributed by atoms with E-state index in [4.69, 9.17) is 25.2 Å². The number of aryl methyl sites for hydroxylation is 1. The van der Waals surface area contributed by atoms with E-state index in [9.17, 15) is 36.0 Å². The van der Waals surface area contributed by atoms with Gasteiger partial charge in [-0.1, -0.05) is 38.8 Å². The third-order valence-corrected chi connectivity index (χ3v) is 15.5. The van der Waals surface area contributed by atoms with Crippen LogP contribution in [0.3, 0.4) is 0 Å². The van der Waals surface area contributed by atoms with Crippen LogP contribution in [0, 0.1) is 18.8 Å². The summed E-state index contributed by atoms with van der Waals surface area (Å²) in [7, 11) is -2.10. The predicted octanol–water partition coefficient (Wildman–Crippen LogP) is 8.27. The highest BCUT2D eigenvalue weighted by Gasteiger charge is 2.52. The van der Waals surface area contributed by atoms with Crippen molar-refractivity contribution in [1.82, 2.24) is 19.6 Å². The number of amides is 3. The van der Waals surface area contributed by atoms with Gasteiger partial charge in [0.1, 0.15) is 40.4 Å². The second-order valence-electron chi connectivity index (χ2n) is 17.7. The van der Waals surface area contributed by atoms with Crippen LogP contribution in [0.15, 0.2) is 60.0 Å². The maximum atomic E-state index is 14.5. The summed E-state index contributed by atoms with van der Waals surface area (Å²) in [6.45, 7) is 7.69. The topological polar surface area (TPSA) is 183 Å². The number of nitrogens with two attached hydrogens (primary N) is 1. The first kappa shape index (κ1) is 46.8. The molecule has 1 aliphatic heterocycles. The van der Waals surface area contributed by atoms with E-state index in [0.717, 1.165) is 29.8 Å². The number of hydrogen-bond acceptors (Lipinski definition) is 11. The van der Waals surface area contributed by atoms with Gasteiger partial charge >= 0.3 is 6.18 Å². The van der Waals surface area contributed by atoms with Gasteiger partial charge in [-0.15, -0.1) is 11.3 Å². The van der Waals surface area contributed by atoms with E-state index >= 15 is 0 Å². The number of methoxy groups -OCH3 is 1. The van der Waals surface area contributed by atoms with Gasteiger partial charge in [-0.25, -0.2) is 18.4 Å². The predicted molar refractivity (Wildman–Crippen MR) is 239 cm³/mol. The van der Waals surface area contributed by atoms with Gasteiger partial charge in [0.15, 0.2) is 0 Å². The molecule has 0 spiro atoms. The molecule has 1 unspecified atom stereocenters. The molecule has 4 aromatic rings. The second-order valence-corrected chi connectivity index (χ2v) is 20.7. The number of carbonyl (C=O) groups is 3. The molecular weight excluding hydrogens is 870 g/mol. The number of halogens is 3. The number of fused-ring (bicyclic) bond motifs is 1. The molecule has 0 bridgehead atoms. The van der Waals surface area contributed by atoms with Crippen molar-refractivity contribution in [3.8, 4) is 22.2 Å². The zero-order valence-corrected chi connectivity index (χ0v) is 38.2. The maximum Gasteiger partial charge on any atom is 0.416 e. The van der Waals surface area contributed by atoms with Crippen LogP contribution in [0.4, 0.5) is 18.9 Å². The van der Waals surface area contributed by atoms with Crippen LogP contribution in [-0.2, 0) is 30.6 Å². The van der Waals surface area contributed by atoms with E-state index < -0.39 is 62.4 Å². The summed E-state index contributed by atoms with van der Waals surface area (Å²) >= 11 is 1.47. The van der Waals surface area contributed by atoms with E-state index in [1.165, 1.54) is 28.4 Å². The molecule has 2 saturated carbocycles. The molecule has 3 amide bonds. The summed E-state index contributed by atoms with van der Waals surface area (Å²) in [6.07, 6.45) is 3.56. The fourth-order valence-corrected chi connectivity index (χ4v) is 10.3. The van der Waals surface area contributed by atoms with Crippen LogP contribution in [-0.4, -0.2) is 77.6 Å². The molecule has 4 N–H and O–H groups in total. The van der Waals surface area contributed by atoms with E-state index in [0.29, 0.717) is 83.7 Å². The molecule has 5 atom stereocenters. The van der Waals surface area contributed by atoms with Crippen molar-refractivity contribution in [3.63, 3.8) is 0 Å². The molecule has 1 saturated heterocycles. The van der Waals surface area contributed by atoms with Crippen LogP contribution >= 0.6 is 11.3 Å². The Labute approximate surface area is 375 Å². The number of carbonyl (C=O) groups excluding carboxylic acids is 3. The number of likely N-dealkylation sites (tertiary alicyclic amines) is 1. The number of pyridine rings is 1. The van der Waals surface area contributed by atoms with Crippen molar-refractivity contribution < 1.29 is 45.4 Å². The highest BCUT2D eigenvalue weighted by molar-refractivity contribution is 7.91. The highest BCUT2D eigenvalue weighted by atomic mass is 32.2. The highest BCUT2D eigenvalue weighted by Crippen LogP contribution is 2.44. The van der Waals surface area contributed by atoms with Gasteiger partial charge in [0.2, 0.25) is 27.7 Å². The molecule has 2 aliphatic carbocycles. The molecule has 2 aromatic carbocycles. The quantitative estimate of drug-likeness (QED) is 0.0612. The lowest BCUT2D eigenvalue weighted by Crippen LogP contribution is -2.49. The Bertz CT molecular complexity index is 2520. The largest absolute Gasteiger partial charge is 0.496 e. The smallest absolute Gasteiger partial charge is 0.416 e. The van der Waals surface area contributed by atoms with Gasteiger partial charge in [-0.2, -0.15) is 13.2 Å². The van der Waals surface area contributed by atoms with Crippen molar-refractivity contribution in [1.29, 1.82) is 0 Å². The monoisotopic (exact) mass is 924 g/mol. The van der Waals surface area contributed by atoms with Crippen molar-refractivity contribution in [2.45, 2.75) is 121 Å². The van der Waals surface area contributed by atoms with Gasteiger partial charge in [0.05, 0.1) is 35.2 Å². The molecule has 3 heterocycles. The molecular formula is C46H55F3N6O7S2. The average molecular weight is 925 g/mol. The van der Waals surface area contributed by atoms with Gasteiger partial charge in [-0.05, 0) is 101 Å². The fourth-order valence-electron chi connectivity index (χ4n) is 8.03.